The summed E-state index contributed by atoms with van der Waals surface area (Å²) in [5.41, 5.74) is 2.12. The van der Waals surface area contributed by atoms with E-state index in [4.69, 9.17) is 5.11 Å². The Morgan fingerprint density at radius 1 is 1.24 bits per heavy atom. The molecule has 0 radical (unpaired) electrons. The minimum absolute atomic E-state index is 0.121. The van der Waals surface area contributed by atoms with Crippen LogP contribution < -0.4 is 5.32 Å². The molecule has 2 fully saturated rings. The first-order valence-electron chi connectivity index (χ1n) is 7.98. The molecule has 21 heavy (non-hydrogen) atoms. The minimum atomic E-state index is -0.752. The second kappa shape index (κ2) is 6.58. The van der Waals surface area contributed by atoms with Gasteiger partial charge < -0.3 is 10.4 Å². The predicted molar refractivity (Wildman–Crippen MR) is 82.2 cm³/mol. The fourth-order valence-electron chi connectivity index (χ4n) is 3.24. The molecule has 1 atom stereocenters. The van der Waals surface area contributed by atoms with Crippen LogP contribution in [0.3, 0.4) is 0 Å². The van der Waals surface area contributed by atoms with Gasteiger partial charge in [-0.05, 0) is 43.4 Å². The van der Waals surface area contributed by atoms with Gasteiger partial charge in [-0.25, -0.2) is 0 Å². The van der Waals surface area contributed by atoms with E-state index in [1.54, 1.807) is 0 Å². The van der Waals surface area contributed by atoms with E-state index in [1.807, 2.05) is 18.2 Å². The fraction of sp³-hybridized carbons (Fsp3) is 0.588. The third-order valence-corrected chi connectivity index (χ3v) is 4.51. The summed E-state index contributed by atoms with van der Waals surface area (Å²) in [6, 6.07) is 9.28. The first-order chi connectivity index (χ1) is 10.2. The highest BCUT2D eigenvalue weighted by Crippen LogP contribution is 2.29. The lowest BCUT2D eigenvalue weighted by atomic mass is 10.0. The van der Waals surface area contributed by atoms with E-state index in [1.165, 1.54) is 31.2 Å². The highest BCUT2D eigenvalue weighted by molar-refractivity contribution is 5.70. The summed E-state index contributed by atoms with van der Waals surface area (Å²) >= 11 is 0. The highest BCUT2D eigenvalue weighted by atomic mass is 16.4. The zero-order valence-electron chi connectivity index (χ0n) is 12.4. The van der Waals surface area contributed by atoms with E-state index in [0.717, 1.165) is 25.2 Å². The molecule has 1 aliphatic heterocycles. The van der Waals surface area contributed by atoms with E-state index in [0.29, 0.717) is 12.1 Å². The zero-order valence-corrected chi connectivity index (χ0v) is 12.4. The van der Waals surface area contributed by atoms with Crippen molar-refractivity contribution >= 4 is 5.97 Å². The number of benzene rings is 1. The molecule has 114 valence electrons. The Kier molecular flexibility index (Phi) is 4.56. The SMILES string of the molecule is O=C(O)Cc1ccccc1CN(CC1CCCN1)C1CC1. The molecule has 1 heterocycles. The maximum atomic E-state index is 11.0. The molecule has 1 aromatic rings. The Morgan fingerprint density at radius 2 is 2.00 bits per heavy atom. The number of nitrogens with zero attached hydrogens (tertiary/aromatic N) is 1. The van der Waals surface area contributed by atoms with Crippen molar-refractivity contribution in [3.8, 4) is 0 Å². The molecule has 0 amide bonds. The summed E-state index contributed by atoms with van der Waals surface area (Å²) < 4.78 is 0. The van der Waals surface area contributed by atoms with Crippen molar-refractivity contribution in [2.75, 3.05) is 13.1 Å². The van der Waals surface area contributed by atoms with Crippen molar-refractivity contribution < 1.29 is 9.90 Å². The Bertz CT molecular complexity index is 493. The fourth-order valence-corrected chi connectivity index (χ4v) is 3.24. The van der Waals surface area contributed by atoms with Crippen LogP contribution in [0.15, 0.2) is 24.3 Å². The molecule has 1 saturated carbocycles. The molecule has 1 aromatic carbocycles. The quantitative estimate of drug-likeness (QED) is 0.806. The maximum Gasteiger partial charge on any atom is 0.307 e. The summed E-state index contributed by atoms with van der Waals surface area (Å²) in [4.78, 5) is 13.6. The van der Waals surface area contributed by atoms with Gasteiger partial charge in [0.25, 0.3) is 0 Å². The Hall–Kier alpha value is -1.39. The molecule has 2 N–H and O–H groups in total. The molecule has 1 aliphatic carbocycles. The van der Waals surface area contributed by atoms with E-state index in [9.17, 15) is 4.79 Å². The summed E-state index contributed by atoms with van der Waals surface area (Å²) in [7, 11) is 0. The average Bonchev–Trinajstić information content (AvgIpc) is 3.18. The lowest BCUT2D eigenvalue weighted by molar-refractivity contribution is -0.136. The molecular formula is C17H24N2O2. The maximum absolute atomic E-state index is 11.0. The highest BCUT2D eigenvalue weighted by Gasteiger charge is 2.31. The minimum Gasteiger partial charge on any atom is -0.481 e. The number of aliphatic carboxylic acids is 1. The Labute approximate surface area is 126 Å². The average molecular weight is 288 g/mol. The van der Waals surface area contributed by atoms with Gasteiger partial charge >= 0.3 is 5.97 Å². The van der Waals surface area contributed by atoms with E-state index in [2.05, 4.69) is 16.3 Å². The molecule has 1 unspecified atom stereocenters. The lowest BCUT2D eigenvalue weighted by Crippen LogP contribution is -2.38. The van der Waals surface area contributed by atoms with Crippen LogP contribution in [0.1, 0.15) is 36.8 Å². The molecule has 2 aliphatic rings. The Morgan fingerprint density at radius 3 is 2.62 bits per heavy atom. The van der Waals surface area contributed by atoms with Crippen molar-refractivity contribution in [1.82, 2.24) is 10.2 Å². The third-order valence-electron chi connectivity index (χ3n) is 4.51. The largest absolute Gasteiger partial charge is 0.481 e. The van der Waals surface area contributed by atoms with Crippen LogP contribution in [0.25, 0.3) is 0 Å². The molecule has 3 rings (SSSR count). The van der Waals surface area contributed by atoms with Gasteiger partial charge in [-0.3, -0.25) is 9.69 Å². The van der Waals surface area contributed by atoms with E-state index in [-0.39, 0.29) is 6.42 Å². The first-order valence-corrected chi connectivity index (χ1v) is 7.98. The normalized spacial score (nSPS) is 21.9. The van der Waals surface area contributed by atoms with Gasteiger partial charge in [0.05, 0.1) is 6.42 Å². The summed E-state index contributed by atoms with van der Waals surface area (Å²) in [6.45, 7) is 3.11. The zero-order chi connectivity index (χ0) is 14.7. The number of nitrogens with one attached hydrogen (secondary N) is 1. The molecule has 4 nitrogen and oxygen atoms in total. The second-order valence-electron chi connectivity index (χ2n) is 6.29. The van der Waals surface area contributed by atoms with Crippen LogP contribution in [0, 0.1) is 0 Å². The van der Waals surface area contributed by atoms with Gasteiger partial charge in [0.1, 0.15) is 0 Å². The summed E-state index contributed by atoms with van der Waals surface area (Å²) in [5, 5.41) is 12.6. The first kappa shape index (κ1) is 14.5. The van der Waals surface area contributed by atoms with Crippen LogP contribution in [0.5, 0.6) is 0 Å². The molecule has 0 bridgehead atoms. The van der Waals surface area contributed by atoms with Crippen molar-refractivity contribution in [3.05, 3.63) is 35.4 Å². The molecule has 1 saturated heterocycles. The van der Waals surface area contributed by atoms with Gasteiger partial charge in [-0.15, -0.1) is 0 Å². The molecule has 4 heteroatoms. The van der Waals surface area contributed by atoms with Crippen LogP contribution in [-0.4, -0.2) is 41.1 Å². The van der Waals surface area contributed by atoms with Crippen molar-refractivity contribution in [3.63, 3.8) is 0 Å². The van der Waals surface area contributed by atoms with E-state index < -0.39 is 5.97 Å². The number of carbonyl (C=O) groups is 1. The Balaban J connectivity index is 1.68. The number of hydrogen-bond acceptors (Lipinski definition) is 3. The van der Waals surface area contributed by atoms with Gasteiger partial charge in [-0.2, -0.15) is 0 Å². The number of carboxylic acid groups (broad SMARTS) is 1. The lowest BCUT2D eigenvalue weighted by Gasteiger charge is -2.26. The van der Waals surface area contributed by atoms with Gasteiger partial charge in [0.15, 0.2) is 0 Å². The van der Waals surface area contributed by atoms with Crippen LogP contribution in [0.2, 0.25) is 0 Å². The van der Waals surface area contributed by atoms with Crippen LogP contribution in [-0.2, 0) is 17.8 Å². The van der Waals surface area contributed by atoms with Crippen LogP contribution >= 0.6 is 0 Å². The van der Waals surface area contributed by atoms with Crippen molar-refractivity contribution in [2.24, 2.45) is 0 Å². The van der Waals surface area contributed by atoms with Crippen molar-refractivity contribution in [1.29, 1.82) is 0 Å². The van der Waals surface area contributed by atoms with Crippen molar-refractivity contribution in [2.45, 2.75) is 50.7 Å². The monoisotopic (exact) mass is 288 g/mol. The second-order valence-corrected chi connectivity index (χ2v) is 6.29. The van der Waals surface area contributed by atoms with Gasteiger partial charge in [-0.1, -0.05) is 24.3 Å². The summed E-state index contributed by atoms with van der Waals surface area (Å²) in [5.74, 6) is -0.752. The standard InChI is InChI=1S/C17H24N2O2/c20-17(21)10-13-4-1-2-5-14(13)11-19(16-7-8-16)12-15-6-3-9-18-15/h1-2,4-5,15-16,18H,3,6-12H2,(H,20,21). The smallest absolute Gasteiger partial charge is 0.307 e. The molecular weight excluding hydrogens is 264 g/mol. The van der Waals surface area contributed by atoms with E-state index >= 15 is 0 Å². The predicted octanol–water partition coefficient (Wildman–Crippen LogP) is 2.03. The molecule has 0 spiro atoms. The number of carboxylic acids is 1. The third kappa shape index (κ3) is 4.05. The molecule has 0 aromatic heterocycles. The van der Waals surface area contributed by atoms with Gasteiger partial charge in [0, 0.05) is 25.2 Å². The number of hydrogen-bond donors (Lipinski definition) is 2. The van der Waals surface area contributed by atoms with Crippen LogP contribution in [0.4, 0.5) is 0 Å². The number of rotatable bonds is 7. The van der Waals surface area contributed by atoms with Gasteiger partial charge in [0.2, 0.25) is 0 Å². The summed E-state index contributed by atoms with van der Waals surface area (Å²) in [6.07, 6.45) is 5.23. The topological polar surface area (TPSA) is 52.6 Å².